The van der Waals surface area contributed by atoms with Crippen molar-refractivity contribution in [2.75, 3.05) is 20.8 Å². The van der Waals surface area contributed by atoms with Crippen LogP contribution in [0.4, 0.5) is 0 Å². The number of rotatable bonds is 5. The van der Waals surface area contributed by atoms with Crippen molar-refractivity contribution in [1.29, 1.82) is 0 Å². The third-order valence-electron chi connectivity index (χ3n) is 6.20. The first kappa shape index (κ1) is 18.2. The van der Waals surface area contributed by atoms with E-state index in [0.717, 1.165) is 37.8 Å². The molecule has 2 fully saturated rings. The summed E-state index contributed by atoms with van der Waals surface area (Å²) in [4.78, 5) is 15.2. The maximum absolute atomic E-state index is 13.2. The number of methoxy groups -OCH3 is 2. The van der Waals surface area contributed by atoms with E-state index in [0.29, 0.717) is 12.1 Å². The first-order valence-corrected chi connectivity index (χ1v) is 9.60. The van der Waals surface area contributed by atoms with E-state index < -0.39 is 0 Å². The minimum absolute atomic E-state index is 0.0370. The van der Waals surface area contributed by atoms with Crippen LogP contribution in [0.2, 0.25) is 0 Å². The number of ether oxygens (including phenoxy) is 2. The molecule has 1 saturated carbocycles. The summed E-state index contributed by atoms with van der Waals surface area (Å²) in [6.45, 7) is 1.38. The number of fused-ring (bicyclic) bond motifs is 1. The molecule has 144 valence electrons. The molecule has 2 aromatic rings. The van der Waals surface area contributed by atoms with Crippen LogP contribution in [-0.4, -0.2) is 59.1 Å². The number of benzene rings is 1. The van der Waals surface area contributed by atoms with Gasteiger partial charge in [-0.25, -0.2) is 0 Å². The van der Waals surface area contributed by atoms with E-state index in [-0.39, 0.29) is 23.7 Å². The molecule has 0 bridgehead atoms. The second-order valence-corrected chi connectivity index (χ2v) is 7.58. The Morgan fingerprint density at radius 3 is 2.81 bits per heavy atom. The molecule has 0 spiro atoms. The van der Waals surface area contributed by atoms with Crippen LogP contribution in [0.25, 0.3) is 0 Å². The highest BCUT2D eigenvalue weighted by Crippen LogP contribution is 2.43. The number of hydrogen-bond acceptors (Lipinski definition) is 4. The quantitative estimate of drug-likeness (QED) is 0.813. The fourth-order valence-electron chi connectivity index (χ4n) is 4.62. The number of carbonyl (C=O) groups excluding carboxylic acids is 1. The molecule has 3 atom stereocenters. The molecule has 1 amide bonds. The average Bonchev–Trinajstić information content (AvgIpc) is 3.33. The molecule has 1 aliphatic heterocycles. The van der Waals surface area contributed by atoms with Gasteiger partial charge in [0.05, 0.1) is 36.1 Å². The highest BCUT2D eigenvalue weighted by Gasteiger charge is 2.52. The Morgan fingerprint density at radius 1 is 1.26 bits per heavy atom. The summed E-state index contributed by atoms with van der Waals surface area (Å²) in [6, 6.07) is 10.2. The van der Waals surface area contributed by atoms with E-state index in [1.54, 1.807) is 20.4 Å². The van der Waals surface area contributed by atoms with Crippen molar-refractivity contribution >= 4 is 5.91 Å². The molecule has 27 heavy (non-hydrogen) atoms. The highest BCUT2D eigenvalue weighted by molar-refractivity contribution is 5.94. The summed E-state index contributed by atoms with van der Waals surface area (Å²) in [5.74, 6) is 0.0370. The number of carbonyl (C=O) groups is 1. The van der Waals surface area contributed by atoms with Crippen molar-refractivity contribution in [3.63, 3.8) is 0 Å². The fraction of sp³-hybridized carbons (Fsp3) is 0.524. The molecular weight excluding hydrogens is 342 g/mol. The number of amides is 1. The van der Waals surface area contributed by atoms with Crippen molar-refractivity contribution in [1.82, 2.24) is 14.7 Å². The fourth-order valence-corrected chi connectivity index (χ4v) is 4.62. The zero-order chi connectivity index (χ0) is 18.9. The van der Waals surface area contributed by atoms with Crippen LogP contribution in [0.3, 0.4) is 0 Å². The predicted octanol–water partition coefficient (Wildman–Crippen LogP) is 2.73. The first-order chi connectivity index (χ1) is 13.1. The van der Waals surface area contributed by atoms with Crippen LogP contribution in [0.15, 0.2) is 42.7 Å². The van der Waals surface area contributed by atoms with Crippen molar-refractivity contribution < 1.29 is 14.3 Å². The zero-order valence-electron chi connectivity index (χ0n) is 16.0. The predicted molar refractivity (Wildman–Crippen MR) is 102 cm³/mol. The van der Waals surface area contributed by atoms with Crippen molar-refractivity contribution in [3.8, 4) is 0 Å². The van der Waals surface area contributed by atoms with Crippen molar-refractivity contribution in [2.45, 2.75) is 50.0 Å². The van der Waals surface area contributed by atoms with Gasteiger partial charge in [0.1, 0.15) is 0 Å². The number of hydrogen-bond donors (Lipinski definition) is 0. The van der Waals surface area contributed by atoms with Crippen LogP contribution < -0.4 is 0 Å². The lowest BCUT2D eigenvalue weighted by atomic mass is 9.79. The van der Waals surface area contributed by atoms with Crippen molar-refractivity contribution in [3.05, 3.63) is 53.9 Å². The molecular formula is C21H27N3O3. The van der Waals surface area contributed by atoms with E-state index >= 15 is 0 Å². The summed E-state index contributed by atoms with van der Waals surface area (Å²) in [7, 11) is 3.52. The Balaban J connectivity index is 1.51. The molecule has 1 saturated heterocycles. The molecule has 6 nitrogen and oxygen atoms in total. The smallest absolute Gasteiger partial charge is 0.257 e. The highest BCUT2D eigenvalue weighted by atomic mass is 16.5. The van der Waals surface area contributed by atoms with E-state index in [1.807, 2.05) is 34.0 Å². The lowest BCUT2D eigenvalue weighted by Gasteiger charge is -2.43. The average molecular weight is 369 g/mol. The van der Waals surface area contributed by atoms with E-state index in [1.165, 1.54) is 0 Å². The van der Waals surface area contributed by atoms with Crippen LogP contribution >= 0.6 is 0 Å². The Labute approximate surface area is 160 Å². The van der Waals surface area contributed by atoms with Crippen LogP contribution in [0.5, 0.6) is 0 Å². The van der Waals surface area contributed by atoms with Gasteiger partial charge in [-0.15, -0.1) is 0 Å². The summed E-state index contributed by atoms with van der Waals surface area (Å²) in [5.41, 5.74) is 1.57. The molecule has 1 aliphatic carbocycles. The second-order valence-electron chi connectivity index (χ2n) is 7.58. The lowest BCUT2D eigenvalue weighted by Crippen LogP contribution is -2.53. The lowest BCUT2D eigenvalue weighted by molar-refractivity contribution is -0.0893. The molecule has 6 heteroatoms. The van der Waals surface area contributed by atoms with Gasteiger partial charge in [0.25, 0.3) is 5.91 Å². The SMILES string of the molecule is COC1CC[C@@]2(OC)CCN(C(=O)c3cnn(Cc4ccccc4)c3)C2C1. The normalized spacial score (nSPS) is 27.6. The second kappa shape index (κ2) is 7.44. The molecule has 1 aromatic carbocycles. The number of aromatic nitrogens is 2. The van der Waals surface area contributed by atoms with Gasteiger partial charge in [-0.1, -0.05) is 30.3 Å². The van der Waals surface area contributed by atoms with Gasteiger partial charge in [0.2, 0.25) is 0 Å². The van der Waals surface area contributed by atoms with Gasteiger partial charge in [0, 0.05) is 27.0 Å². The maximum atomic E-state index is 13.2. The number of nitrogens with zero attached hydrogens (tertiary/aromatic N) is 3. The largest absolute Gasteiger partial charge is 0.381 e. The van der Waals surface area contributed by atoms with Gasteiger partial charge in [-0.3, -0.25) is 9.48 Å². The van der Waals surface area contributed by atoms with Gasteiger partial charge < -0.3 is 14.4 Å². The Bertz CT molecular complexity index is 791. The number of likely N-dealkylation sites (tertiary alicyclic amines) is 1. The molecule has 2 aliphatic rings. The minimum Gasteiger partial charge on any atom is -0.381 e. The first-order valence-electron chi connectivity index (χ1n) is 9.60. The van der Waals surface area contributed by atoms with Crippen LogP contribution in [0, 0.1) is 0 Å². The Kier molecular flexibility index (Phi) is 5.02. The summed E-state index contributed by atoms with van der Waals surface area (Å²) in [6.07, 6.45) is 7.34. The van der Waals surface area contributed by atoms with E-state index in [9.17, 15) is 4.79 Å². The summed E-state index contributed by atoms with van der Waals surface area (Å²) >= 11 is 0. The van der Waals surface area contributed by atoms with E-state index in [2.05, 4.69) is 17.2 Å². The molecule has 4 rings (SSSR count). The van der Waals surface area contributed by atoms with Gasteiger partial charge >= 0.3 is 0 Å². The minimum atomic E-state index is -0.231. The summed E-state index contributed by atoms with van der Waals surface area (Å²) in [5, 5.41) is 4.39. The van der Waals surface area contributed by atoms with Crippen molar-refractivity contribution in [2.24, 2.45) is 0 Å². The van der Waals surface area contributed by atoms with Gasteiger partial charge in [-0.2, -0.15) is 5.10 Å². The molecule has 0 radical (unpaired) electrons. The third kappa shape index (κ3) is 3.39. The van der Waals surface area contributed by atoms with Crippen LogP contribution in [0.1, 0.15) is 41.6 Å². The third-order valence-corrected chi connectivity index (χ3v) is 6.20. The zero-order valence-corrected chi connectivity index (χ0v) is 16.0. The van der Waals surface area contributed by atoms with Gasteiger partial charge in [-0.05, 0) is 31.2 Å². The monoisotopic (exact) mass is 369 g/mol. The Hall–Kier alpha value is -2.18. The molecule has 1 aromatic heterocycles. The Morgan fingerprint density at radius 2 is 2.07 bits per heavy atom. The maximum Gasteiger partial charge on any atom is 0.257 e. The standard InChI is InChI=1S/C21H27N3O3/c1-26-18-8-9-21(27-2)10-11-24(19(21)12-18)20(25)17-13-22-23(15-17)14-16-6-4-3-5-7-16/h3-7,13,15,18-19H,8-12,14H2,1-2H3/t18?,19?,21-/m1/s1. The molecule has 0 N–H and O–H groups in total. The van der Waals surface area contributed by atoms with Gasteiger partial charge in [0.15, 0.2) is 0 Å². The molecule has 2 heterocycles. The topological polar surface area (TPSA) is 56.6 Å². The molecule has 2 unspecified atom stereocenters. The van der Waals surface area contributed by atoms with Crippen LogP contribution in [-0.2, 0) is 16.0 Å². The van der Waals surface area contributed by atoms with E-state index in [4.69, 9.17) is 9.47 Å². The summed E-state index contributed by atoms with van der Waals surface area (Å²) < 4.78 is 13.3.